The third-order valence-electron chi connectivity index (χ3n) is 3.35. The van der Waals surface area contributed by atoms with Crippen molar-refractivity contribution in [3.63, 3.8) is 0 Å². The number of carboxylic acid groups (broad SMARTS) is 1. The molecule has 2 aromatic rings. The van der Waals surface area contributed by atoms with Crippen molar-refractivity contribution in [1.82, 2.24) is 10.2 Å². The number of carbonyl (C=O) groups is 1. The molecule has 1 aliphatic rings. The summed E-state index contributed by atoms with van der Waals surface area (Å²) in [5.74, 6) is 0.443. The van der Waals surface area contributed by atoms with Gasteiger partial charge in [-0.05, 0) is 36.5 Å². The van der Waals surface area contributed by atoms with Crippen molar-refractivity contribution >= 4 is 5.97 Å². The fourth-order valence-corrected chi connectivity index (χ4v) is 2.18. The third kappa shape index (κ3) is 2.19. The Balaban J connectivity index is 1.97. The van der Waals surface area contributed by atoms with Gasteiger partial charge in [-0.2, -0.15) is 5.10 Å². The molecule has 19 heavy (non-hydrogen) atoms. The van der Waals surface area contributed by atoms with E-state index in [1.54, 1.807) is 7.11 Å². The molecule has 2 N–H and O–H groups in total. The Bertz CT molecular complexity index is 629. The normalized spacial score (nSPS) is 14.4. The molecule has 1 aromatic carbocycles. The number of H-pyrrole nitrogens is 1. The molecule has 1 aromatic heterocycles. The number of benzene rings is 1. The molecule has 1 aliphatic carbocycles. The summed E-state index contributed by atoms with van der Waals surface area (Å²) in [7, 11) is 1.65. The molecular formula is C14H14N2O3. The van der Waals surface area contributed by atoms with Crippen LogP contribution in [0.5, 0.6) is 5.75 Å². The first-order valence-electron chi connectivity index (χ1n) is 6.16. The van der Waals surface area contributed by atoms with Gasteiger partial charge in [0, 0.05) is 5.56 Å². The van der Waals surface area contributed by atoms with Gasteiger partial charge in [-0.3, -0.25) is 5.10 Å². The summed E-state index contributed by atoms with van der Waals surface area (Å²) in [6, 6.07) is 7.43. The minimum atomic E-state index is -1.01. The van der Waals surface area contributed by atoms with Gasteiger partial charge < -0.3 is 9.84 Å². The molecule has 3 rings (SSSR count). The molecule has 0 atom stereocenters. The standard InChI is InChI=1S/C14H14N2O3/c1-19-13-6-9(4-5-10(13)8-2-3-8)11-7-12(14(17)18)16-15-11/h4-8H,2-3H2,1H3,(H,15,16)(H,17,18). The Morgan fingerprint density at radius 2 is 2.21 bits per heavy atom. The second-order valence-electron chi connectivity index (χ2n) is 4.70. The number of aromatic nitrogens is 2. The van der Waals surface area contributed by atoms with E-state index in [9.17, 15) is 4.79 Å². The van der Waals surface area contributed by atoms with E-state index >= 15 is 0 Å². The van der Waals surface area contributed by atoms with Crippen LogP contribution in [0.3, 0.4) is 0 Å². The summed E-state index contributed by atoms with van der Waals surface area (Å²) in [6.45, 7) is 0. The van der Waals surface area contributed by atoms with Gasteiger partial charge in [0.1, 0.15) is 11.4 Å². The summed E-state index contributed by atoms with van der Waals surface area (Å²) < 4.78 is 5.41. The SMILES string of the molecule is COc1cc(-c2cc(C(=O)O)[nH]n2)ccc1C1CC1. The molecular weight excluding hydrogens is 244 g/mol. The first-order valence-corrected chi connectivity index (χ1v) is 6.16. The summed E-state index contributed by atoms with van der Waals surface area (Å²) in [5.41, 5.74) is 2.77. The molecule has 0 radical (unpaired) electrons. The second-order valence-corrected chi connectivity index (χ2v) is 4.70. The van der Waals surface area contributed by atoms with Crippen molar-refractivity contribution < 1.29 is 14.6 Å². The zero-order valence-electron chi connectivity index (χ0n) is 10.5. The first-order chi connectivity index (χ1) is 9.19. The predicted molar refractivity (Wildman–Crippen MR) is 69.5 cm³/mol. The van der Waals surface area contributed by atoms with E-state index in [-0.39, 0.29) is 5.69 Å². The van der Waals surface area contributed by atoms with E-state index in [0.717, 1.165) is 11.3 Å². The number of methoxy groups -OCH3 is 1. The monoisotopic (exact) mass is 258 g/mol. The number of aromatic carboxylic acids is 1. The van der Waals surface area contributed by atoms with Crippen LogP contribution in [0.1, 0.15) is 34.8 Å². The summed E-state index contributed by atoms with van der Waals surface area (Å²) >= 11 is 0. The number of nitrogens with zero attached hydrogens (tertiary/aromatic N) is 1. The van der Waals surface area contributed by atoms with E-state index in [2.05, 4.69) is 10.2 Å². The lowest BCUT2D eigenvalue weighted by Gasteiger charge is -2.08. The topological polar surface area (TPSA) is 75.2 Å². The molecule has 0 amide bonds. The Labute approximate surface area is 110 Å². The minimum Gasteiger partial charge on any atom is -0.496 e. The number of aromatic amines is 1. The van der Waals surface area contributed by atoms with Gasteiger partial charge in [0.2, 0.25) is 0 Å². The minimum absolute atomic E-state index is 0.0836. The van der Waals surface area contributed by atoms with Crippen LogP contribution in [0.15, 0.2) is 24.3 Å². The maximum absolute atomic E-state index is 10.8. The van der Waals surface area contributed by atoms with Crippen LogP contribution in [0.25, 0.3) is 11.3 Å². The number of hydrogen-bond donors (Lipinski definition) is 2. The average Bonchev–Trinajstić information content (AvgIpc) is 3.14. The van der Waals surface area contributed by atoms with Gasteiger partial charge in [-0.15, -0.1) is 0 Å². The lowest BCUT2D eigenvalue weighted by molar-refractivity contribution is 0.0690. The summed E-state index contributed by atoms with van der Waals surface area (Å²) in [4.78, 5) is 10.8. The summed E-state index contributed by atoms with van der Waals surface area (Å²) in [5, 5.41) is 15.4. The molecule has 0 aliphatic heterocycles. The Morgan fingerprint density at radius 3 is 2.79 bits per heavy atom. The second kappa shape index (κ2) is 4.42. The molecule has 5 nitrogen and oxygen atoms in total. The number of carboxylic acids is 1. The summed E-state index contributed by atoms with van der Waals surface area (Å²) in [6.07, 6.45) is 2.42. The van der Waals surface area contributed by atoms with Gasteiger partial charge in [0.15, 0.2) is 0 Å². The molecule has 1 saturated carbocycles. The maximum atomic E-state index is 10.8. The fraction of sp³-hybridized carbons (Fsp3) is 0.286. The van der Waals surface area contributed by atoms with Crippen LogP contribution in [-0.4, -0.2) is 28.4 Å². The van der Waals surface area contributed by atoms with E-state index in [1.807, 2.05) is 18.2 Å². The predicted octanol–water partition coefficient (Wildman–Crippen LogP) is 2.66. The Morgan fingerprint density at radius 1 is 1.42 bits per heavy atom. The molecule has 0 bridgehead atoms. The highest BCUT2D eigenvalue weighted by Gasteiger charge is 2.26. The molecule has 1 heterocycles. The largest absolute Gasteiger partial charge is 0.496 e. The van der Waals surface area contributed by atoms with E-state index in [1.165, 1.54) is 24.5 Å². The highest BCUT2D eigenvalue weighted by atomic mass is 16.5. The van der Waals surface area contributed by atoms with Crippen molar-refractivity contribution in [2.45, 2.75) is 18.8 Å². The van der Waals surface area contributed by atoms with Gasteiger partial charge in [-0.1, -0.05) is 12.1 Å². The smallest absolute Gasteiger partial charge is 0.353 e. The fourth-order valence-electron chi connectivity index (χ4n) is 2.18. The lowest BCUT2D eigenvalue weighted by atomic mass is 10.0. The lowest BCUT2D eigenvalue weighted by Crippen LogP contribution is -1.95. The maximum Gasteiger partial charge on any atom is 0.353 e. The van der Waals surface area contributed by atoms with Crippen molar-refractivity contribution in [3.8, 4) is 17.0 Å². The highest BCUT2D eigenvalue weighted by molar-refractivity contribution is 5.86. The van der Waals surface area contributed by atoms with Crippen LogP contribution in [0, 0.1) is 0 Å². The quantitative estimate of drug-likeness (QED) is 0.884. The van der Waals surface area contributed by atoms with Crippen molar-refractivity contribution in [3.05, 3.63) is 35.5 Å². The molecule has 0 saturated heterocycles. The zero-order valence-corrected chi connectivity index (χ0v) is 10.5. The van der Waals surface area contributed by atoms with E-state index in [4.69, 9.17) is 9.84 Å². The number of rotatable bonds is 4. The first kappa shape index (κ1) is 11.8. The van der Waals surface area contributed by atoms with Crippen LogP contribution in [-0.2, 0) is 0 Å². The molecule has 0 spiro atoms. The van der Waals surface area contributed by atoms with Gasteiger partial charge >= 0.3 is 5.97 Å². The average molecular weight is 258 g/mol. The molecule has 98 valence electrons. The van der Waals surface area contributed by atoms with Gasteiger partial charge in [0.25, 0.3) is 0 Å². The molecule has 1 fully saturated rings. The van der Waals surface area contributed by atoms with Crippen LogP contribution in [0.4, 0.5) is 0 Å². The van der Waals surface area contributed by atoms with Crippen LogP contribution < -0.4 is 4.74 Å². The molecule has 5 heteroatoms. The van der Waals surface area contributed by atoms with Gasteiger partial charge in [-0.25, -0.2) is 4.79 Å². The Hall–Kier alpha value is -2.30. The van der Waals surface area contributed by atoms with Crippen molar-refractivity contribution in [1.29, 1.82) is 0 Å². The zero-order chi connectivity index (χ0) is 13.4. The molecule has 0 unspecified atom stereocenters. The van der Waals surface area contributed by atoms with E-state index in [0.29, 0.717) is 11.6 Å². The Kier molecular flexibility index (Phi) is 2.74. The van der Waals surface area contributed by atoms with Gasteiger partial charge in [0.05, 0.1) is 12.8 Å². The van der Waals surface area contributed by atoms with Crippen LogP contribution in [0.2, 0.25) is 0 Å². The van der Waals surface area contributed by atoms with Crippen molar-refractivity contribution in [2.24, 2.45) is 0 Å². The number of ether oxygens (including phenoxy) is 1. The van der Waals surface area contributed by atoms with Crippen LogP contribution >= 0.6 is 0 Å². The van der Waals surface area contributed by atoms with Crippen molar-refractivity contribution in [2.75, 3.05) is 7.11 Å². The number of hydrogen-bond acceptors (Lipinski definition) is 3. The third-order valence-corrected chi connectivity index (χ3v) is 3.35. The highest BCUT2D eigenvalue weighted by Crippen LogP contribution is 2.45. The number of nitrogens with one attached hydrogen (secondary N) is 1. The van der Waals surface area contributed by atoms with E-state index < -0.39 is 5.97 Å².